The lowest BCUT2D eigenvalue weighted by Crippen LogP contribution is -2.05. The van der Waals surface area contributed by atoms with Crippen LogP contribution in [0, 0.1) is 0 Å². The van der Waals surface area contributed by atoms with Crippen LogP contribution in [-0.2, 0) is 10.9 Å². The number of ether oxygens (including phenoxy) is 1. The van der Waals surface area contributed by atoms with E-state index < -0.39 is 17.7 Å². The molecule has 0 N–H and O–H groups in total. The van der Waals surface area contributed by atoms with Crippen molar-refractivity contribution >= 4 is 17.3 Å². The molecule has 1 aromatic carbocycles. The number of rotatable bonds is 2. The highest BCUT2D eigenvalue weighted by molar-refractivity contribution is 7.08. The molecule has 0 aliphatic heterocycles. The zero-order chi connectivity index (χ0) is 14.0. The molecule has 2 aromatic rings. The van der Waals surface area contributed by atoms with Gasteiger partial charge in [0.2, 0.25) is 0 Å². The first-order chi connectivity index (χ1) is 8.93. The predicted molar refractivity (Wildman–Crippen MR) is 66.1 cm³/mol. The van der Waals surface area contributed by atoms with E-state index in [9.17, 15) is 18.0 Å². The Hall–Kier alpha value is -1.82. The minimum absolute atomic E-state index is 0.270. The zero-order valence-electron chi connectivity index (χ0n) is 9.82. The molecule has 1 heterocycles. The third kappa shape index (κ3) is 2.78. The molecule has 0 saturated carbocycles. The molecule has 0 atom stereocenters. The number of thiophene rings is 1. The summed E-state index contributed by atoms with van der Waals surface area (Å²) in [5, 5.41) is 3.18. The minimum atomic E-state index is -4.41. The van der Waals surface area contributed by atoms with Crippen LogP contribution in [0.4, 0.5) is 13.2 Å². The van der Waals surface area contributed by atoms with E-state index in [1.54, 1.807) is 10.8 Å². The smallest absolute Gasteiger partial charge is 0.416 e. The van der Waals surface area contributed by atoms with Gasteiger partial charge in [-0.25, -0.2) is 4.79 Å². The van der Waals surface area contributed by atoms with Gasteiger partial charge in [0.05, 0.1) is 18.2 Å². The molecule has 0 aliphatic rings. The number of benzene rings is 1. The first kappa shape index (κ1) is 13.6. The van der Waals surface area contributed by atoms with Gasteiger partial charge in [-0.1, -0.05) is 12.1 Å². The Morgan fingerprint density at radius 1 is 1.26 bits per heavy atom. The Kier molecular flexibility index (Phi) is 3.61. The van der Waals surface area contributed by atoms with Crippen LogP contribution in [0.1, 0.15) is 15.9 Å². The van der Waals surface area contributed by atoms with Crippen molar-refractivity contribution in [2.24, 2.45) is 0 Å². The lowest BCUT2D eigenvalue weighted by molar-refractivity contribution is -0.137. The molecular weight excluding hydrogens is 277 g/mol. The fraction of sp³-hybridized carbons (Fsp3) is 0.154. The van der Waals surface area contributed by atoms with Crippen molar-refractivity contribution in [3.8, 4) is 11.1 Å². The molecule has 1 aromatic heterocycles. The van der Waals surface area contributed by atoms with Crippen LogP contribution in [0.2, 0.25) is 0 Å². The van der Waals surface area contributed by atoms with Gasteiger partial charge in [-0.3, -0.25) is 0 Å². The predicted octanol–water partition coefficient (Wildman–Crippen LogP) is 4.22. The number of esters is 1. The second-order valence-electron chi connectivity index (χ2n) is 3.77. The van der Waals surface area contributed by atoms with Crippen molar-refractivity contribution in [1.82, 2.24) is 0 Å². The molecule has 0 amide bonds. The van der Waals surface area contributed by atoms with Crippen molar-refractivity contribution < 1.29 is 22.7 Å². The van der Waals surface area contributed by atoms with Gasteiger partial charge >= 0.3 is 12.1 Å². The van der Waals surface area contributed by atoms with E-state index >= 15 is 0 Å². The number of halogens is 3. The Balaban J connectivity index is 2.49. The monoisotopic (exact) mass is 286 g/mol. The lowest BCUT2D eigenvalue weighted by atomic mass is 10.0. The normalized spacial score (nSPS) is 11.4. The number of alkyl halides is 3. The third-order valence-electron chi connectivity index (χ3n) is 2.57. The second kappa shape index (κ2) is 5.05. The van der Waals surface area contributed by atoms with Crippen LogP contribution < -0.4 is 0 Å². The van der Waals surface area contributed by atoms with Crippen molar-refractivity contribution in [2.75, 3.05) is 7.11 Å². The second-order valence-corrected chi connectivity index (χ2v) is 4.51. The molecule has 0 saturated heterocycles. The first-order valence-corrected chi connectivity index (χ1v) is 6.20. The summed E-state index contributed by atoms with van der Waals surface area (Å²) in [5.74, 6) is -0.561. The molecule has 0 fully saturated rings. The average molecular weight is 286 g/mol. The summed E-state index contributed by atoms with van der Waals surface area (Å²) in [7, 11) is 1.23. The van der Waals surface area contributed by atoms with Crippen LogP contribution in [-0.4, -0.2) is 13.1 Å². The van der Waals surface area contributed by atoms with Crippen LogP contribution in [0.3, 0.4) is 0 Å². The number of hydrogen-bond acceptors (Lipinski definition) is 3. The largest absolute Gasteiger partial charge is 0.465 e. The van der Waals surface area contributed by atoms with E-state index in [2.05, 4.69) is 4.74 Å². The zero-order valence-corrected chi connectivity index (χ0v) is 10.6. The van der Waals surface area contributed by atoms with E-state index in [1.807, 2.05) is 0 Å². The lowest BCUT2D eigenvalue weighted by Gasteiger charge is -2.09. The van der Waals surface area contributed by atoms with Crippen molar-refractivity contribution in [1.29, 1.82) is 0 Å². The summed E-state index contributed by atoms with van der Waals surface area (Å²) in [6, 6.07) is 4.86. The molecular formula is C13H9F3O2S. The van der Waals surface area contributed by atoms with E-state index in [0.717, 1.165) is 12.1 Å². The molecule has 100 valence electrons. The number of carbonyl (C=O) groups is 1. The summed E-state index contributed by atoms with van der Waals surface area (Å²) in [5.41, 5.74) is 0.318. The maximum atomic E-state index is 12.6. The molecule has 19 heavy (non-hydrogen) atoms. The molecule has 0 aliphatic carbocycles. The van der Waals surface area contributed by atoms with Crippen molar-refractivity contribution in [2.45, 2.75) is 6.18 Å². The summed E-state index contributed by atoms with van der Waals surface area (Å²) >= 11 is 1.24. The summed E-state index contributed by atoms with van der Waals surface area (Å²) in [4.78, 5) is 11.5. The van der Waals surface area contributed by atoms with Gasteiger partial charge in [-0.15, -0.1) is 0 Å². The SMILES string of the molecule is COC(=O)c1cscc1-c1cccc(C(F)(F)F)c1. The molecule has 2 nitrogen and oxygen atoms in total. The first-order valence-electron chi connectivity index (χ1n) is 5.25. The van der Waals surface area contributed by atoms with Gasteiger partial charge in [0, 0.05) is 10.9 Å². The average Bonchev–Trinajstić information content (AvgIpc) is 2.86. The van der Waals surface area contributed by atoms with Gasteiger partial charge in [0.15, 0.2) is 0 Å². The topological polar surface area (TPSA) is 26.3 Å². The number of methoxy groups -OCH3 is 1. The third-order valence-corrected chi connectivity index (χ3v) is 3.31. The molecule has 6 heteroatoms. The summed E-state index contributed by atoms with van der Waals surface area (Å²) < 4.78 is 42.5. The van der Waals surface area contributed by atoms with Crippen LogP contribution >= 0.6 is 11.3 Å². The van der Waals surface area contributed by atoms with Crippen molar-refractivity contribution in [3.05, 3.63) is 46.2 Å². The molecule has 0 spiro atoms. The maximum absolute atomic E-state index is 12.6. The van der Waals surface area contributed by atoms with E-state index in [1.165, 1.54) is 30.6 Å². The molecule has 0 unspecified atom stereocenters. The Morgan fingerprint density at radius 2 is 2.00 bits per heavy atom. The highest BCUT2D eigenvalue weighted by Gasteiger charge is 2.30. The van der Waals surface area contributed by atoms with Crippen LogP contribution in [0.15, 0.2) is 35.0 Å². The standard InChI is InChI=1S/C13H9F3O2S/c1-18-12(17)11-7-19-6-10(11)8-3-2-4-9(5-8)13(14,15)16/h2-7H,1H3. The fourth-order valence-electron chi connectivity index (χ4n) is 1.65. The van der Waals surface area contributed by atoms with Gasteiger partial charge in [0.25, 0.3) is 0 Å². The maximum Gasteiger partial charge on any atom is 0.416 e. The number of carbonyl (C=O) groups excluding carboxylic acids is 1. The van der Waals surface area contributed by atoms with Gasteiger partial charge in [0.1, 0.15) is 0 Å². The fourth-order valence-corrected chi connectivity index (χ4v) is 2.48. The van der Waals surface area contributed by atoms with E-state index in [4.69, 9.17) is 0 Å². The van der Waals surface area contributed by atoms with E-state index in [-0.39, 0.29) is 5.56 Å². The van der Waals surface area contributed by atoms with Crippen LogP contribution in [0.5, 0.6) is 0 Å². The summed E-state index contributed by atoms with van der Waals surface area (Å²) in [6.45, 7) is 0. The highest BCUT2D eigenvalue weighted by atomic mass is 32.1. The Morgan fingerprint density at radius 3 is 2.63 bits per heavy atom. The quantitative estimate of drug-likeness (QED) is 0.773. The minimum Gasteiger partial charge on any atom is -0.465 e. The van der Waals surface area contributed by atoms with E-state index in [0.29, 0.717) is 11.1 Å². The summed E-state index contributed by atoms with van der Waals surface area (Å²) in [6.07, 6.45) is -4.41. The number of hydrogen-bond donors (Lipinski definition) is 0. The molecule has 2 rings (SSSR count). The van der Waals surface area contributed by atoms with Gasteiger partial charge < -0.3 is 4.74 Å². The highest BCUT2D eigenvalue weighted by Crippen LogP contribution is 2.34. The van der Waals surface area contributed by atoms with Crippen LogP contribution in [0.25, 0.3) is 11.1 Å². The van der Waals surface area contributed by atoms with Crippen molar-refractivity contribution in [3.63, 3.8) is 0 Å². The Bertz CT molecular complexity index is 602. The van der Waals surface area contributed by atoms with Gasteiger partial charge in [-0.05, 0) is 23.1 Å². The Labute approximate surface area is 111 Å². The molecule has 0 bridgehead atoms. The van der Waals surface area contributed by atoms with Gasteiger partial charge in [-0.2, -0.15) is 24.5 Å². The molecule has 0 radical (unpaired) electrons.